The van der Waals surface area contributed by atoms with Crippen LogP contribution in [0.25, 0.3) is 11.6 Å². The van der Waals surface area contributed by atoms with E-state index in [4.69, 9.17) is 9.47 Å². The van der Waals surface area contributed by atoms with Crippen LogP contribution < -0.4 is 9.47 Å². The molecule has 6 heteroatoms. The third kappa shape index (κ3) is 3.46. The van der Waals surface area contributed by atoms with Crippen molar-refractivity contribution in [3.05, 3.63) is 44.6 Å². The molecule has 0 atom stereocenters. The van der Waals surface area contributed by atoms with E-state index in [1.165, 1.54) is 25.6 Å². The number of ether oxygens (including phenoxy) is 2. The topological polar surface area (TPSA) is 55.8 Å². The zero-order valence-electron chi connectivity index (χ0n) is 11.4. The summed E-state index contributed by atoms with van der Waals surface area (Å²) in [6.07, 6.45) is 1.58. The number of carboxylic acids is 1. The normalized spacial score (nSPS) is 11.3. The summed E-state index contributed by atoms with van der Waals surface area (Å²) >= 11 is 4.76. The number of hydrogen-bond acceptors (Lipinski definition) is 4. The van der Waals surface area contributed by atoms with Crippen molar-refractivity contribution in [2.45, 2.75) is 0 Å². The van der Waals surface area contributed by atoms with Gasteiger partial charge in [0.05, 0.1) is 19.8 Å². The van der Waals surface area contributed by atoms with Crippen LogP contribution in [0.2, 0.25) is 0 Å². The van der Waals surface area contributed by atoms with E-state index in [1.54, 1.807) is 24.3 Å². The SMILES string of the molecule is COc1cc(Br)cc(/C=C(\C(=O)O)c2cccs2)c1OC. The van der Waals surface area contributed by atoms with Crippen LogP contribution in [0.5, 0.6) is 11.5 Å². The molecule has 1 N–H and O–H groups in total. The first-order chi connectivity index (χ1) is 10.1. The quantitative estimate of drug-likeness (QED) is 0.805. The Labute approximate surface area is 134 Å². The van der Waals surface area contributed by atoms with E-state index >= 15 is 0 Å². The maximum absolute atomic E-state index is 11.5. The van der Waals surface area contributed by atoms with Crippen molar-refractivity contribution in [3.63, 3.8) is 0 Å². The molecular weight excluding hydrogens is 356 g/mol. The summed E-state index contributed by atoms with van der Waals surface area (Å²) in [4.78, 5) is 12.2. The van der Waals surface area contributed by atoms with Crippen LogP contribution in [-0.4, -0.2) is 25.3 Å². The first-order valence-corrected chi connectivity index (χ1v) is 7.64. The van der Waals surface area contributed by atoms with Crippen molar-refractivity contribution >= 4 is 44.9 Å². The van der Waals surface area contributed by atoms with E-state index in [-0.39, 0.29) is 5.57 Å². The van der Waals surface area contributed by atoms with Crippen LogP contribution in [0.4, 0.5) is 0 Å². The van der Waals surface area contributed by atoms with Gasteiger partial charge in [0.2, 0.25) is 0 Å². The molecule has 1 heterocycles. The monoisotopic (exact) mass is 368 g/mol. The molecule has 0 saturated carbocycles. The third-order valence-corrected chi connectivity index (χ3v) is 4.15. The lowest BCUT2D eigenvalue weighted by molar-refractivity contribution is -0.130. The van der Waals surface area contributed by atoms with Crippen LogP contribution >= 0.6 is 27.3 Å². The second-order valence-electron chi connectivity index (χ2n) is 4.07. The number of rotatable bonds is 5. The minimum atomic E-state index is -0.988. The van der Waals surface area contributed by atoms with E-state index in [9.17, 15) is 9.90 Å². The van der Waals surface area contributed by atoms with E-state index < -0.39 is 5.97 Å². The van der Waals surface area contributed by atoms with Gasteiger partial charge in [-0.1, -0.05) is 22.0 Å². The van der Waals surface area contributed by atoms with Gasteiger partial charge in [-0.3, -0.25) is 0 Å². The number of benzene rings is 1. The summed E-state index contributed by atoms with van der Waals surface area (Å²) < 4.78 is 11.4. The van der Waals surface area contributed by atoms with Crippen LogP contribution in [0.1, 0.15) is 10.4 Å². The average molecular weight is 369 g/mol. The summed E-state index contributed by atoms with van der Waals surface area (Å²) in [5.74, 6) is 0.0449. The number of methoxy groups -OCH3 is 2. The smallest absolute Gasteiger partial charge is 0.337 e. The summed E-state index contributed by atoms with van der Waals surface area (Å²) in [7, 11) is 3.06. The molecule has 1 aromatic carbocycles. The van der Waals surface area contributed by atoms with Gasteiger partial charge < -0.3 is 14.6 Å². The average Bonchev–Trinajstić information content (AvgIpc) is 2.97. The molecule has 0 aliphatic carbocycles. The Morgan fingerprint density at radius 2 is 2.10 bits per heavy atom. The summed E-state index contributed by atoms with van der Waals surface area (Å²) in [5, 5.41) is 11.3. The highest BCUT2D eigenvalue weighted by Gasteiger charge is 2.16. The molecule has 0 aliphatic heterocycles. The summed E-state index contributed by atoms with van der Waals surface area (Å²) in [6, 6.07) is 7.14. The van der Waals surface area contributed by atoms with Crippen LogP contribution in [0, 0.1) is 0 Å². The van der Waals surface area contributed by atoms with Gasteiger partial charge in [0.15, 0.2) is 11.5 Å². The van der Waals surface area contributed by atoms with E-state index in [0.717, 1.165) is 4.47 Å². The Hall–Kier alpha value is -1.79. The number of aliphatic carboxylic acids is 1. The van der Waals surface area contributed by atoms with Crippen LogP contribution in [0.15, 0.2) is 34.1 Å². The highest BCUT2D eigenvalue weighted by atomic mass is 79.9. The van der Waals surface area contributed by atoms with Crippen molar-refractivity contribution < 1.29 is 19.4 Å². The van der Waals surface area contributed by atoms with E-state index in [2.05, 4.69) is 15.9 Å². The van der Waals surface area contributed by atoms with Gasteiger partial charge in [-0.15, -0.1) is 11.3 Å². The highest BCUT2D eigenvalue weighted by molar-refractivity contribution is 9.10. The Balaban J connectivity index is 2.61. The fraction of sp³-hybridized carbons (Fsp3) is 0.133. The first-order valence-electron chi connectivity index (χ1n) is 5.97. The molecule has 110 valence electrons. The lowest BCUT2D eigenvalue weighted by Crippen LogP contribution is -1.99. The third-order valence-electron chi connectivity index (χ3n) is 2.79. The Bertz CT molecular complexity index is 677. The van der Waals surface area contributed by atoms with Gasteiger partial charge in [-0.25, -0.2) is 4.79 Å². The molecule has 2 rings (SSSR count). The fourth-order valence-electron chi connectivity index (χ4n) is 1.89. The number of halogens is 1. The van der Waals surface area contributed by atoms with Crippen LogP contribution in [0.3, 0.4) is 0 Å². The number of hydrogen-bond donors (Lipinski definition) is 1. The molecule has 0 bridgehead atoms. The van der Waals surface area contributed by atoms with Crippen molar-refractivity contribution in [2.75, 3.05) is 14.2 Å². The van der Waals surface area contributed by atoms with Crippen molar-refractivity contribution in [3.8, 4) is 11.5 Å². The number of thiophene rings is 1. The van der Waals surface area contributed by atoms with Gasteiger partial charge >= 0.3 is 5.97 Å². The fourth-order valence-corrected chi connectivity index (χ4v) is 3.08. The molecular formula is C15H13BrO4S. The lowest BCUT2D eigenvalue weighted by atomic mass is 10.1. The lowest BCUT2D eigenvalue weighted by Gasteiger charge is -2.12. The second kappa shape index (κ2) is 6.78. The predicted octanol–water partition coefficient (Wildman–Crippen LogP) is 4.15. The molecule has 0 unspecified atom stereocenters. The van der Waals surface area contributed by atoms with Crippen molar-refractivity contribution in [1.29, 1.82) is 0 Å². The van der Waals surface area contributed by atoms with E-state index in [1.807, 2.05) is 11.4 Å². The Morgan fingerprint density at radius 3 is 2.62 bits per heavy atom. The maximum Gasteiger partial charge on any atom is 0.337 e. The number of carbonyl (C=O) groups is 1. The van der Waals surface area contributed by atoms with Gasteiger partial charge in [-0.05, 0) is 29.7 Å². The molecule has 4 nitrogen and oxygen atoms in total. The minimum absolute atomic E-state index is 0.212. The molecule has 0 saturated heterocycles. The van der Waals surface area contributed by atoms with Gasteiger partial charge in [-0.2, -0.15) is 0 Å². The van der Waals surface area contributed by atoms with Crippen LogP contribution in [-0.2, 0) is 4.79 Å². The van der Waals surface area contributed by atoms with Gasteiger partial charge in [0.25, 0.3) is 0 Å². The molecule has 0 amide bonds. The second-order valence-corrected chi connectivity index (χ2v) is 5.93. The zero-order chi connectivity index (χ0) is 15.4. The number of carboxylic acid groups (broad SMARTS) is 1. The molecule has 0 radical (unpaired) electrons. The standard InChI is InChI=1S/C15H13BrO4S/c1-19-12-8-10(16)6-9(14(12)20-2)7-11(15(17)18)13-4-3-5-21-13/h3-8H,1-2H3,(H,17,18)/b11-7-. The summed E-state index contributed by atoms with van der Waals surface area (Å²) in [6.45, 7) is 0. The van der Waals surface area contributed by atoms with Crippen molar-refractivity contribution in [2.24, 2.45) is 0 Å². The Morgan fingerprint density at radius 1 is 1.33 bits per heavy atom. The minimum Gasteiger partial charge on any atom is -0.493 e. The zero-order valence-corrected chi connectivity index (χ0v) is 13.8. The molecule has 1 aromatic heterocycles. The molecule has 0 spiro atoms. The molecule has 0 aliphatic rings. The first kappa shape index (κ1) is 15.6. The Kier molecular flexibility index (Phi) is 5.03. The predicted molar refractivity (Wildman–Crippen MR) is 87.1 cm³/mol. The maximum atomic E-state index is 11.5. The largest absolute Gasteiger partial charge is 0.493 e. The van der Waals surface area contributed by atoms with E-state index in [0.29, 0.717) is 21.9 Å². The van der Waals surface area contributed by atoms with Crippen molar-refractivity contribution in [1.82, 2.24) is 0 Å². The molecule has 21 heavy (non-hydrogen) atoms. The highest BCUT2D eigenvalue weighted by Crippen LogP contribution is 2.37. The van der Waals surface area contributed by atoms with Gasteiger partial charge in [0.1, 0.15) is 0 Å². The summed E-state index contributed by atoms with van der Waals surface area (Å²) in [5.41, 5.74) is 0.845. The van der Waals surface area contributed by atoms with Gasteiger partial charge in [0, 0.05) is 14.9 Å². The molecule has 2 aromatic rings. The molecule has 0 fully saturated rings.